The summed E-state index contributed by atoms with van der Waals surface area (Å²) in [7, 11) is 0. The Labute approximate surface area is 165 Å². The zero-order valence-corrected chi connectivity index (χ0v) is 16.5. The van der Waals surface area contributed by atoms with E-state index < -0.39 is 0 Å². The summed E-state index contributed by atoms with van der Waals surface area (Å²) in [5.41, 5.74) is 3.90. The first-order valence-corrected chi connectivity index (χ1v) is 10.7. The summed E-state index contributed by atoms with van der Waals surface area (Å²) in [5, 5.41) is 2.88. The maximum atomic E-state index is 13.0. The Balaban J connectivity index is 1.46. The van der Waals surface area contributed by atoms with Crippen LogP contribution in [0.2, 0.25) is 0 Å². The topological polar surface area (TPSA) is 20.3 Å². The molecule has 0 bridgehead atoms. The Kier molecular flexibility index (Phi) is 5.49. The molecule has 0 aliphatic carbocycles. The molecule has 1 heterocycles. The Morgan fingerprint density at radius 3 is 2.67 bits per heavy atom. The van der Waals surface area contributed by atoms with E-state index in [9.17, 15) is 4.79 Å². The fourth-order valence-corrected chi connectivity index (χ4v) is 5.26. The summed E-state index contributed by atoms with van der Waals surface area (Å²) in [5.74, 6) is 1.25. The molecular formula is C24H25NOS. The quantitative estimate of drug-likeness (QED) is 0.611. The number of carbonyl (C=O) groups is 1. The van der Waals surface area contributed by atoms with Gasteiger partial charge in [0.25, 0.3) is 0 Å². The van der Waals surface area contributed by atoms with Crippen molar-refractivity contribution in [3.63, 3.8) is 0 Å². The highest BCUT2D eigenvalue weighted by atomic mass is 32.2. The molecule has 3 aromatic rings. The second kappa shape index (κ2) is 8.18. The van der Waals surface area contributed by atoms with Crippen LogP contribution in [0.5, 0.6) is 0 Å². The van der Waals surface area contributed by atoms with Crippen molar-refractivity contribution in [3.05, 3.63) is 83.4 Å². The van der Waals surface area contributed by atoms with Crippen LogP contribution in [0.25, 0.3) is 10.8 Å². The van der Waals surface area contributed by atoms with Crippen LogP contribution in [-0.4, -0.2) is 29.6 Å². The molecule has 1 atom stereocenters. The molecule has 1 aliphatic rings. The lowest BCUT2D eigenvalue weighted by Crippen LogP contribution is -2.34. The van der Waals surface area contributed by atoms with Gasteiger partial charge in [0.05, 0.1) is 6.42 Å². The van der Waals surface area contributed by atoms with Crippen molar-refractivity contribution in [1.82, 2.24) is 4.90 Å². The monoisotopic (exact) mass is 375 g/mol. The minimum atomic E-state index is 0.248. The Morgan fingerprint density at radius 2 is 1.78 bits per heavy atom. The number of fused-ring (bicyclic) bond motifs is 1. The van der Waals surface area contributed by atoms with Gasteiger partial charge in [-0.25, -0.2) is 0 Å². The number of rotatable bonds is 3. The first kappa shape index (κ1) is 18.1. The highest BCUT2D eigenvalue weighted by Gasteiger charge is 2.23. The minimum absolute atomic E-state index is 0.248. The molecule has 1 aliphatic heterocycles. The molecule has 2 nitrogen and oxygen atoms in total. The van der Waals surface area contributed by atoms with Gasteiger partial charge in [-0.15, -0.1) is 0 Å². The summed E-state index contributed by atoms with van der Waals surface area (Å²) < 4.78 is 0. The molecule has 4 rings (SSSR count). The molecule has 0 N–H and O–H groups in total. The summed E-state index contributed by atoms with van der Waals surface area (Å²) in [6.07, 6.45) is 1.51. The molecule has 138 valence electrons. The number of hydrogen-bond acceptors (Lipinski definition) is 2. The van der Waals surface area contributed by atoms with Gasteiger partial charge in [0.1, 0.15) is 0 Å². The number of benzene rings is 3. The van der Waals surface area contributed by atoms with Crippen molar-refractivity contribution >= 4 is 28.4 Å². The molecule has 1 fully saturated rings. The van der Waals surface area contributed by atoms with E-state index in [1.165, 1.54) is 21.9 Å². The molecule has 3 aromatic carbocycles. The van der Waals surface area contributed by atoms with Gasteiger partial charge < -0.3 is 4.90 Å². The van der Waals surface area contributed by atoms with Gasteiger partial charge >= 0.3 is 0 Å². The Morgan fingerprint density at radius 1 is 1.00 bits per heavy atom. The van der Waals surface area contributed by atoms with Crippen LogP contribution in [-0.2, 0) is 11.2 Å². The van der Waals surface area contributed by atoms with Crippen LogP contribution in [0.4, 0.5) is 0 Å². The van der Waals surface area contributed by atoms with Gasteiger partial charge in [-0.3, -0.25) is 4.79 Å². The first-order valence-electron chi connectivity index (χ1n) is 9.64. The average molecular weight is 376 g/mol. The van der Waals surface area contributed by atoms with E-state index in [0.717, 1.165) is 30.8 Å². The highest BCUT2D eigenvalue weighted by Crippen LogP contribution is 2.36. The van der Waals surface area contributed by atoms with Crippen molar-refractivity contribution in [2.75, 3.05) is 18.8 Å². The second-order valence-electron chi connectivity index (χ2n) is 7.20. The Bertz CT molecular complexity index is 947. The summed E-state index contributed by atoms with van der Waals surface area (Å²) in [4.78, 5) is 15.1. The number of nitrogens with zero attached hydrogens (tertiary/aromatic N) is 1. The predicted octanol–water partition coefficient (Wildman–Crippen LogP) is 5.40. The lowest BCUT2D eigenvalue weighted by atomic mass is 10.0. The maximum absolute atomic E-state index is 13.0. The van der Waals surface area contributed by atoms with Crippen LogP contribution in [0, 0.1) is 6.92 Å². The van der Waals surface area contributed by atoms with Crippen molar-refractivity contribution < 1.29 is 4.79 Å². The largest absolute Gasteiger partial charge is 0.342 e. The SMILES string of the molecule is Cc1ccccc1C1CCN(C(=O)Cc2cccc3ccccc23)CCS1. The zero-order valence-electron chi connectivity index (χ0n) is 15.7. The summed E-state index contributed by atoms with van der Waals surface area (Å²) in [6.45, 7) is 3.87. The van der Waals surface area contributed by atoms with Crippen molar-refractivity contribution in [3.8, 4) is 0 Å². The molecule has 3 heteroatoms. The molecule has 0 spiro atoms. The number of thioether (sulfide) groups is 1. The normalized spacial score (nSPS) is 17.7. The molecule has 27 heavy (non-hydrogen) atoms. The van der Waals surface area contributed by atoms with Crippen LogP contribution in [0.1, 0.15) is 28.4 Å². The second-order valence-corrected chi connectivity index (χ2v) is 8.51. The predicted molar refractivity (Wildman–Crippen MR) is 115 cm³/mol. The highest BCUT2D eigenvalue weighted by molar-refractivity contribution is 7.99. The average Bonchev–Trinajstić information content (AvgIpc) is 2.95. The fourth-order valence-electron chi connectivity index (χ4n) is 3.94. The molecule has 0 radical (unpaired) electrons. The molecule has 0 aromatic heterocycles. The van der Waals surface area contributed by atoms with Crippen LogP contribution in [0.3, 0.4) is 0 Å². The van der Waals surface area contributed by atoms with E-state index >= 15 is 0 Å². The molecule has 1 saturated heterocycles. The third-order valence-electron chi connectivity index (χ3n) is 5.45. The van der Waals surface area contributed by atoms with Crippen LogP contribution >= 0.6 is 11.8 Å². The van der Waals surface area contributed by atoms with E-state index in [0.29, 0.717) is 11.7 Å². The number of aryl methyl sites for hydroxylation is 1. The fraction of sp³-hybridized carbons (Fsp3) is 0.292. The maximum Gasteiger partial charge on any atom is 0.227 e. The van der Waals surface area contributed by atoms with Crippen LogP contribution in [0.15, 0.2) is 66.7 Å². The molecular weight excluding hydrogens is 350 g/mol. The molecule has 1 amide bonds. The van der Waals surface area contributed by atoms with Crippen LogP contribution < -0.4 is 0 Å². The lowest BCUT2D eigenvalue weighted by Gasteiger charge is -2.21. The van der Waals surface area contributed by atoms with Crippen molar-refractivity contribution in [2.45, 2.75) is 25.0 Å². The van der Waals surface area contributed by atoms with E-state index in [4.69, 9.17) is 0 Å². The smallest absolute Gasteiger partial charge is 0.227 e. The third kappa shape index (κ3) is 4.03. The van der Waals surface area contributed by atoms with Crippen molar-refractivity contribution in [2.24, 2.45) is 0 Å². The van der Waals surface area contributed by atoms with Gasteiger partial charge in [-0.2, -0.15) is 11.8 Å². The molecule has 0 saturated carbocycles. The van der Waals surface area contributed by atoms with E-state index in [-0.39, 0.29) is 5.91 Å². The van der Waals surface area contributed by atoms with Gasteiger partial charge in [0.2, 0.25) is 5.91 Å². The number of carbonyl (C=O) groups excluding carboxylic acids is 1. The van der Waals surface area contributed by atoms with Gasteiger partial charge in [-0.1, -0.05) is 66.7 Å². The van der Waals surface area contributed by atoms with Gasteiger partial charge in [0.15, 0.2) is 0 Å². The van der Waals surface area contributed by atoms with E-state index in [1.54, 1.807) is 0 Å². The van der Waals surface area contributed by atoms with Crippen molar-refractivity contribution in [1.29, 1.82) is 0 Å². The standard InChI is InChI=1S/C24H25NOS/c1-18-7-2-4-11-21(18)23-13-14-25(15-16-27-23)24(26)17-20-10-6-9-19-8-3-5-12-22(19)20/h2-12,23H,13-17H2,1H3. The van der Waals surface area contributed by atoms with Gasteiger partial charge in [-0.05, 0) is 40.8 Å². The van der Waals surface area contributed by atoms with E-state index in [1.807, 2.05) is 23.9 Å². The third-order valence-corrected chi connectivity index (χ3v) is 6.76. The van der Waals surface area contributed by atoms with Gasteiger partial charge in [0, 0.05) is 24.1 Å². The number of amides is 1. The number of hydrogen-bond donors (Lipinski definition) is 0. The Hall–Kier alpha value is -2.26. The summed E-state index contributed by atoms with van der Waals surface area (Å²) in [6, 6.07) is 23.2. The zero-order chi connectivity index (χ0) is 18.6. The molecule has 1 unspecified atom stereocenters. The lowest BCUT2D eigenvalue weighted by molar-refractivity contribution is -0.130. The summed E-state index contributed by atoms with van der Waals surface area (Å²) >= 11 is 1.99. The first-order chi connectivity index (χ1) is 13.2. The van der Waals surface area contributed by atoms with E-state index in [2.05, 4.69) is 66.4 Å². The minimum Gasteiger partial charge on any atom is -0.342 e.